The molecule has 0 atom stereocenters. The standard InChI is InChI=1S/C14H14BrClN2O/c15-12-5-11(7-18-8-12)9-19-14-2-1-10(3-4-17)6-13(14)16/h1-2,5-8H,3-4,9,17H2. The number of benzene rings is 1. The molecule has 5 heteroatoms. The van der Waals surface area contributed by atoms with Crippen LogP contribution in [0.1, 0.15) is 11.1 Å². The van der Waals surface area contributed by atoms with Gasteiger partial charge in [0.25, 0.3) is 0 Å². The smallest absolute Gasteiger partial charge is 0.138 e. The first-order chi connectivity index (χ1) is 9.19. The lowest BCUT2D eigenvalue weighted by Crippen LogP contribution is -2.03. The molecule has 0 aliphatic carbocycles. The molecule has 0 fully saturated rings. The number of rotatable bonds is 5. The number of pyridine rings is 1. The van der Waals surface area contributed by atoms with Crippen molar-refractivity contribution >= 4 is 27.5 Å². The first kappa shape index (κ1) is 14.3. The van der Waals surface area contributed by atoms with Crippen molar-refractivity contribution in [3.8, 4) is 5.75 Å². The van der Waals surface area contributed by atoms with E-state index in [1.807, 2.05) is 24.3 Å². The molecule has 1 aromatic heterocycles. The molecular formula is C14H14BrClN2O. The summed E-state index contributed by atoms with van der Waals surface area (Å²) in [5, 5.41) is 0.605. The third kappa shape index (κ3) is 4.20. The Morgan fingerprint density at radius 3 is 2.74 bits per heavy atom. The van der Waals surface area contributed by atoms with Crippen LogP contribution >= 0.6 is 27.5 Å². The predicted octanol–water partition coefficient (Wildman–Crippen LogP) is 3.58. The van der Waals surface area contributed by atoms with Crippen LogP contribution in [-0.4, -0.2) is 11.5 Å². The minimum absolute atomic E-state index is 0.433. The van der Waals surface area contributed by atoms with Crippen LogP contribution in [0.4, 0.5) is 0 Å². The maximum Gasteiger partial charge on any atom is 0.138 e. The van der Waals surface area contributed by atoms with Crippen molar-refractivity contribution in [2.24, 2.45) is 5.73 Å². The number of halogens is 2. The molecule has 2 rings (SSSR count). The SMILES string of the molecule is NCCc1ccc(OCc2cncc(Br)c2)c(Cl)c1. The Bertz CT molecular complexity index is 563. The summed E-state index contributed by atoms with van der Waals surface area (Å²) < 4.78 is 6.62. The highest BCUT2D eigenvalue weighted by molar-refractivity contribution is 9.10. The average molecular weight is 342 g/mol. The molecule has 0 bridgehead atoms. The number of hydrogen-bond donors (Lipinski definition) is 1. The summed E-state index contributed by atoms with van der Waals surface area (Å²) in [5.41, 5.74) is 7.61. The lowest BCUT2D eigenvalue weighted by Gasteiger charge is -2.09. The van der Waals surface area contributed by atoms with Gasteiger partial charge < -0.3 is 10.5 Å². The van der Waals surface area contributed by atoms with Gasteiger partial charge in [-0.3, -0.25) is 4.98 Å². The zero-order chi connectivity index (χ0) is 13.7. The Kier molecular flexibility index (Phi) is 5.19. The summed E-state index contributed by atoms with van der Waals surface area (Å²) in [6.07, 6.45) is 4.31. The molecular weight excluding hydrogens is 328 g/mol. The fraction of sp³-hybridized carbons (Fsp3) is 0.214. The molecule has 0 unspecified atom stereocenters. The van der Waals surface area contributed by atoms with E-state index in [1.165, 1.54) is 0 Å². The van der Waals surface area contributed by atoms with Crippen molar-refractivity contribution in [3.63, 3.8) is 0 Å². The second kappa shape index (κ2) is 6.89. The van der Waals surface area contributed by atoms with Crippen LogP contribution in [0.5, 0.6) is 5.75 Å². The van der Waals surface area contributed by atoms with Crippen molar-refractivity contribution in [3.05, 3.63) is 57.3 Å². The second-order valence-electron chi connectivity index (χ2n) is 4.10. The first-order valence-corrected chi connectivity index (χ1v) is 7.07. The van der Waals surface area contributed by atoms with E-state index in [-0.39, 0.29) is 0 Å². The minimum Gasteiger partial charge on any atom is -0.487 e. The zero-order valence-corrected chi connectivity index (χ0v) is 12.6. The monoisotopic (exact) mass is 340 g/mol. The van der Waals surface area contributed by atoms with Crippen LogP contribution in [0.15, 0.2) is 41.1 Å². The largest absolute Gasteiger partial charge is 0.487 e. The summed E-state index contributed by atoms with van der Waals surface area (Å²) in [6, 6.07) is 7.71. The van der Waals surface area contributed by atoms with E-state index in [2.05, 4.69) is 20.9 Å². The summed E-state index contributed by atoms with van der Waals surface area (Å²) in [7, 11) is 0. The number of nitrogens with two attached hydrogens (primary N) is 1. The highest BCUT2D eigenvalue weighted by Gasteiger charge is 2.04. The molecule has 2 aromatic rings. The van der Waals surface area contributed by atoms with Crippen molar-refractivity contribution in [1.82, 2.24) is 4.98 Å². The lowest BCUT2D eigenvalue weighted by atomic mass is 10.1. The summed E-state index contributed by atoms with van der Waals surface area (Å²) in [5.74, 6) is 0.669. The van der Waals surface area contributed by atoms with Crippen molar-refractivity contribution in [2.75, 3.05) is 6.54 Å². The molecule has 3 nitrogen and oxygen atoms in total. The van der Waals surface area contributed by atoms with E-state index in [1.54, 1.807) is 12.4 Å². The van der Waals surface area contributed by atoms with Crippen molar-refractivity contribution in [1.29, 1.82) is 0 Å². The summed E-state index contributed by atoms with van der Waals surface area (Å²) >= 11 is 9.55. The number of hydrogen-bond acceptors (Lipinski definition) is 3. The molecule has 100 valence electrons. The third-order valence-electron chi connectivity index (χ3n) is 2.59. The Morgan fingerprint density at radius 2 is 2.05 bits per heavy atom. The highest BCUT2D eigenvalue weighted by Crippen LogP contribution is 2.26. The molecule has 1 aromatic carbocycles. The van der Waals surface area contributed by atoms with Gasteiger partial charge in [0.05, 0.1) is 5.02 Å². The molecule has 0 aliphatic rings. The minimum atomic E-state index is 0.433. The first-order valence-electron chi connectivity index (χ1n) is 5.90. The van der Waals surface area contributed by atoms with Gasteiger partial charge in [0.2, 0.25) is 0 Å². The van der Waals surface area contributed by atoms with Crippen LogP contribution in [0, 0.1) is 0 Å². The van der Waals surface area contributed by atoms with Crippen molar-refractivity contribution in [2.45, 2.75) is 13.0 Å². The Balaban J connectivity index is 2.03. The fourth-order valence-electron chi connectivity index (χ4n) is 1.68. The number of aromatic nitrogens is 1. The maximum absolute atomic E-state index is 6.17. The van der Waals surface area contributed by atoms with E-state index in [4.69, 9.17) is 22.1 Å². The van der Waals surface area contributed by atoms with Gasteiger partial charge in [0.15, 0.2) is 0 Å². The van der Waals surface area contributed by atoms with Gasteiger partial charge in [-0.25, -0.2) is 0 Å². The van der Waals surface area contributed by atoms with E-state index < -0.39 is 0 Å². The summed E-state index contributed by atoms with van der Waals surface area (Å²) in [4.78, 5) is 4.08. The molecule has 0 saturated heterocycles. The molecule has 0 spiro atoms. The van der Waals surface area contributed by atoms with E-state index in [0.29, 0.717) is 23.9 Å². The molecule has 0 radical (unpaired) electrons. The normalized spacial score (nSPS) is 10.5. The average Bonchev–Trinajstić information content (AvgIpc) is 2.38. The van der Waals surface area contributed by atoms with Crippen LogP contribution in [0.25, 0.3) is 0 Å². The summed E-state index contributed by atoms with van der Waals surface area (Å²) in [6.45, 7) is 1.04. The molecule has 0 amide bonds. The van der Waals surface area contributed by atoms with Crippen LogP contribution in [0.3, 0.4) is 0 Å². The van der Waals surface area contributed by atoms with E-state index >= 15 is 0 Å². The molecule has 1 heterocycles. The molecule has 0 aliphatic heterocycles. The molecule has 0 saturated carbocycles. The number of nitrogens with zero attached hydrogens (tertiary/aromatic N) is 1. The fourth-order valence-corrected chi connectivity index (χ4v) is 2.35. The van der Waals surface area contributed by atoms with Crippen LogP contribution in [0.2, 0.25) is 5.02 Å². The van der Waals surface area contributed by atoms with Gasteiger partial charge in [-0.2, -0.15) is 0 Å². The van der Waals surface area contributed by atoms with E-state index in [0.717, 1.165) is 22.0 Å². The van der Waals surface area contributed by atoms with Crippen molar-refractivity contribution < 1.29 is 4.74 Å². The lowest BCUT2D eigenvalue weighted by molar-refractivity contribution is 0.306. The van der Waals surface area contributed by atoms with Gasteiger partial charge in [0, 0.05) is 22.4 Å². The second-order valence-corrected chi connectivity index (χ2v) is 5.43. The van der Waals surface area contributed by atoms with Crippen LogP contribution < -0.4 is 10.5 Å². The van der Waals surface area contributed by atoms with Crippen LogP contribution in [-0.2, 0) is 13.0 Å². The molecule has 2 N–H and O–H groups in total. The van der Waals surface area contributed by atoms with Gasteiger partial charge in [-0.15, -0.1) is 0 Å². The van der Waals surface area contributed by atoms with Gasteiger partial charge in [-0.05, 0) is 52.7 Å². The molecule has 19 heavy (non-hydrogen) atoms. The predicted molar refractivity (Wildman–Crippen MR) is 80.5 cm³/mol. The van der Waals surface area contributed by atoms with E-state index in [9.17, 15) is 0 Å². The highest BCUT2D eigenvalue weighted by atomic mass is 79.9. The van der Waals surface area contributed by atoms with Gasteiger partial charge in [0.1, 0.15) is 12.4 Å². The topological polar surface area (TPSA) is 48.1 Å². The number of ether oxygens (including phenoxy) is 1. The zero-order valence-electron chi connectivity index (χ0n) is 10.3. The Labute approximate surface area is 125 Å². The van der Waals surface area contributed by atoms with Gasteiger partial charge >= 0.3 is 0 Å². The Hall–Kier alpha value is -1.10. The third-order valence-corrected chi connectivity index (χ3v) is 3.31. The Morgan fingerprint density at radius 1 is 1.21 bits per heavy atom. The van der Waals surface area contributed by atoms with Gasteiger partial charge in [-0.1, -0.05) is 17.7 Å². The quantitative estimate of drug-likeness (QED) is 0.904. The maximum atomic E-state index is 6.17.